The van der Waals surface area contributed by atoms with E-state index in [4.69, 9.17) is 5.11 Å². The number of carboxylic acid groups (broad SMARTS) is 1. The summed E-state index contributed by atoms with van der Waals surface area (Å²) in [6.45, 7) is 7.08. The molecule has 1 aromatic carbocycles. The number of nitrogens with one attached hydrogen (secondary N) is 1. The molecule has 17 heavy (non-hydrogen) atoms. The monoisotopic (exact) mass is 235 g/mol. The molecule has 0 aromatic heterocycles. The van der Waals surface area contributed by atoms with E-state index < -0.39 is 11.4 Å². The molecule has 0 bridgehead atoms. The van der Waals surface area contributed by atoms with Crippen LogP contribution in [0.1, 0.15) is 31.4 Å². The molecule has 3 nitrogen and oxygen atoms in total. The van der Waals surface area contributed by atoms with Gasteiger partial charge < -0.3 is 10.4 Å². The van der Waals surface area contributed by atoms with E-state index in [0.29, 0.717) is 13.0 Å². The highest BCUT2D eigenvalue weighted by molar-refractivity contribution is 5.73. The van der Waals surface area contributed by atoms with Crippen molar-refractivity contribution < 1.29 is 9.90 Å². The Morgan fingerprint density at radius 1 is 1.41 bits per heavy atom. The molecule has 94 valence electrons. The van der Waals surface area contributed by atoms with E-state index in [0.717, 1.165) is 6.54 Å². The van der Waals surface area contributed by atoms with Gasteiger partial charge in [0.25, 0.3) is 0 Å². The van der Waals surface area contributed by atoms with Crippen LogP contribution in [0.3, 0.4) is 0 Å². The predicted octanol–water partition coefficient (Wildman–Crippen LogP) is 2.59. The average molecular weight is 235 g/mol. The van der Waals surface area contributed by atoms with E-state index >= 15 is 0 Å². The Labute approximate surface area is 103 Å². The lowest BCUT2D eigenvalue weighted by molar-refractivity contribution is -0.147. The Kier molecular flexibility index (Phi) is 4.70. The summed E-state index contributed by atoms with van der Waals surface area (Å²) in [7, 11) is 0. The fraction of sp³-hybridized carbons (Fsp3) is 0.500. The van der Waals surface area contributed by atoms with Crippen LogP contribution in [0.5, 0.6) is 0 Å². The van der Waals surface area contributed by atoms with Crippen LogP contribution >= 0.6 is 0 Å². The van der Waals surface area contributed by atoms with Crippen molar-refractivity contribution >= 4 is 5.97 Å². The highest BCUT2D eigenvalue weighted by Crippen LogP contribution is 2.19. The SMILES string of the molecule is Cc1cccc(CNCCC(C)(C)C(=O)O)c1. The van der Waals surface area contributed by atoms with Gasteiger partial charge in [0, 0.05) is 6.54 Å². The number of aliphatic carboxylic acids is 1. The molecule has 0 unspecified atom stereocenters. The summed E-state index contributed by atoms with van der Waals surface area (Å²) in [5.41, 5.74) is 1.83. The van der Waals surface area contributed by atoms with Crippen molar-refractivity contribution in [3.8, 4) is 0 Å². The summed E-state index contributed by atoms with van der Waals surface area (Å²) >= 11 is 0. The minimum Gasteiger partial charge on any atom is -0.481 e. The normalized spacial score (nSPS) is 11.5. The second-order valence-electron chi connectivity index (χ2n) is 5.10. The number of aryl methyl sites for hydroxylation is 1. The molecular weight excluding hydrogens is 214 g/mol. The topological polar surface area (TPSA) is 49.3 Å². The molecule has 0 radical (unpaired) electrons. The van der Waals surface area contributed by atoms with Crippen molar-refractivity contribution in [2.24, 2.45) is 5.41 Å². The van der Waals surface area contributed by atoms with E-state index in [1.165, 1.54) is 11.1 Å². The van der Waals surface area contributed by atoms with Crippen molar-refractivity contribution in [1.82, 2.24) is 5.32 Å². The van der Waals surface area contributed by atoms with Crippen LogP contribution in [-0.4, -0.2) is 17.6 Å². The van der Waals surface area contributed by atoms with Gasteiger partial charge in [0.05, 0.1) is 5.41 Å². The largest absolute Gasteiger partial charge is 0.481 e. The Balaban J connectivity index is 2.32. The highest BCUT2D eigenvalue weighted by Gasteiger charge is 2.25. The first-order valence-electron chi connectivity index (χ1n) is 5.91. The van der Waals surface area contributed by atoms with Crippen LogP contribution in [0.2, 0.25) is 0 Å². The summed E-state index contributed by atoms with van der Waals surface area (Å²) in [4.78, 5) is 10.9. The van der Waals surface area contributed by atoms with Crippen molar-refractivity contribution in [2.45, 2.75) is 33.7 Å². The van der Waals surface area contributed by atoms with Gasteiger partial charge in [-0.2, -0.15) is 0 Å². The quantitative estimate of drug-likeness (QED) is 0.745. The van der Waals surface area contributed by atoms with Crippen molar-refractivity contribution in [1.29, 1.82) is 0 Å². The molecular formula is C14H21NO2. The molecule has 0 heterocycles. The van der Waals surface area contributed by atoms with Gasteiger partial charge in [-0.1, -0.05) is 29.8 Å². The summed E-state index contributed by atoms with van der Waals surface area (Å²) < 4.78 is 0. The Morgan fingerprint density at radius 3 is 2.71 bits per heavy atom. The summed E-state index contributed by atoms with van der Waals surface area (Å²) in [5.74, 6) is -0.741. The molecule has 0 saturated heterocycles. The summed E-state index contributed by atoms with van der Waals surface area (Å²) in [6.07, 6.45) is 0.633. The summed E-state index contributed by atoms with van der Waals surface area (Å²) in [5, 5.41) is 12.2. The number of carboxylic acids is 1. The Morgan fingerprint density at radius 2 is 2.12 bits per heavy atom. The van der Waals surface area contributed by atoms with Crippen LogP contribution in [0.15, 0.2) is 24.3 Å². The molecule has 1 aromatic rings. The first-order valence-corrected chi connectivity index (χ1v) is 5.91. The number of benzene rings is 1. The van der Waals surface area contributed by atoms with Crippen LogP contribution in [0, 0.1) is 12.3 Å². The van der Waals surface area contributed by atoms with Crippen molar-refractivity contribution in [2.75, 3.05) is 6.54 Å². The van der Waals surface area contributed by atoms with Gasteiger partial charge in [-0.3, -0.25) is 4.79 Å². The first kappa shape index (κ1) is 13.7. The second kappa shape index (κ2) is 5.82. The minimum absolute atomic E-state index is 0.633. The van der Waals surface area contributed by atoms with E-state index in [1.807, 2.05) is 6.07 Å². The molecule has 0 spiro atoms. The Hall–Kier alpha value is -1.35. The van der Waals surface area contributed by atoms with Crippen LogP contribution in [0.4, 0.5) is 0 Å². The smallest absolute Gasteiger partial charge is 0.309 e. The molecule has 0 aliphatic heterocycles. The van der Waals surface area contributed by atoms with E-state index in [-0.39, 0.29) is 0 Å². The molecule has 0 aliphatic rings. The van der Waals surface area contributed by atoms with Crippen molar-refractivity contribution in [3.05, 3.63) is 35.4 Å². The molecule has 0 amide bonds. The number of carbonyl (C=O) groups is 1. The second-order valence-corrected chi connectivity index (χ2v) is 5.10. The minimum atomic E-state index is -0.741. The van der Waals surface area contributed by atoms with E-state index in [1.54, 1.807) is 13.8 Å². The van der Waals surface area contributed by atoms with Gasteiger partial charge in [-0.25, -0.2) is 0 Å². The third-order valence-corrected chi connectivity index (χ3v) is 2.92. The number of hydrogen-bond acceptors (Lipinski definition) is 2. The molecule has 0 aliphatic carbocycles. The predicted molar refractivity (Wildman–Crippen MR) is 68.9 cm³/mol. The zero-order chi connectivity index (χ0) is 12.9. The third kappa shape index (κ3) is 4.57. The molecule has 0 atom stereocenters. The van der Waals surface area contributed by atoms with Crippen LogP contribution in [0.25, 0.3) is 0 Å². The standard InChI is InChI=1S/C14H21NO2/c1-11-5-4-6-12(9-11)10-15-8-7-14(2,3)13(16)17/h4-6,9,15H,7-8,10H2,1-3H3,(H,16,17). The molecule has 2 N–H and O–H groups in total. The zero-order valence-corrected chi connectivity index (χ0v) is 10.8. The van der Waals surface area contributed by atoms with Gasteiger partial charge >= 0.3 is 5.97 Å². The van der Waals surface area contributed by atoms with E-state index in [9.17, 15) is 4.79 Å². The maximum atomic E-state index is 10.9. The van der Waals surface area contributed by atoms with E-state index in [2.05, 4.69) is 30.4 Å². The average Bonchev–Trinajstić information content (AvgIpc) is 2.24. The first-order chi connectivity index (χ1) is 7.92. The summed E-state index contributed by atoms with van der Waals surface area (Å²) in [6, 6.07) is 8.31. The van der Waals surface area contributed by atoms with Crippen LogP contribution in [-0.2, 0) is 11.3 Å². The lowest BCUT2D eigenvalue weighted by Gasteiger charge is -2.18. The van der Waals surface area contributed by atoms with Gasteiger partial charge in [0.1, 0.15) is 0 Å². The molecule has 0 fully saturated rings. The maximum Gasteiger partial charge on any atom is 0.309 e. The number of rotatable bonds is 6. The van der Waals surface area contributed by atoms with Gasteiger partial charge in [0.15, 0.2) is 0 Å². The number of hydrogen-bond donors (Lipinski definition) is 2. The van der Waals surface area contributed by atoms with Gasteiger partial charge in [-0.05, 0) is 39.3 Å². The third-order valence-electron chi connectivity index (χ3n) is 2.92. The Bertz CT molecular complexity index is 386. The lowest BCUT2D eigenvalue weighted by Crippen LogP contribution is -2.28. The fourth-order valence-electron chi connectivity index (χ4n) is 1.56. The lowest BCUT2D eigenvalue weighted by atomic mass is 9.90. The maximum absolute atomic E-state index is 10.9. The van der Waals surface area contributed by atoms with Gasteiger partial charge in [-0.15, -0.1) is 0 Å². The van der Waals surface area contributed by atoms with Gasteiger partial charge in [0.2, 0.25) is 0 Å². The molecule has 3 heteroatoms. The van der Waals surface area contributed by atoms with Crippen molar-refractivity contribution in [3.63, 3.8) is 0 Å². The zero-order valence-electron chi connectivity index (χ0n) is 10.8. The fourth-order valence-corrected chi connectivity index (χ4v) is 1.56. The molecule has 0 saturated carbocycles. The van der Waals surface area contributed by atoms with Crippen LogP contribution < -0.4 is 5.32 Å². The highest BCUT2D eigenvalue weighted by atomic mass is 16.4. The molecule has 1 rings (SSSR count).